The molecule has 1 heterocycles. The fourth-order valence-electron chi connectivity index (χ4n) is 3.15. The molecule has 1 saturated heterocycles. The van der Waals surface area contributed by atoms with E-state index in [9.17, 15) is 43.2 Å². The Hall–Kier alpha value is -0.600. The van der Waals surface area contributed by atoms with Crippen molar-refractivity contribution in [2.24, 2.45) is 0 Å². The maximum atomic E-state index is 11.4. The lowest BCUT2D eigenvalue weighted by atomic mass is 10.1. The molecule has 0 N–H and O–H groups in total. The molecule has 0 unspecified atom stereocenters. The van der Waals surface area contributed by atoms with Crippen LogP contribution in [0, 0.1) is 0 Å². The molecule has 0 aromatic carbocycles. The van der Waals surface area contributed by atoms with Crippen molar-refractivity contribution in [3.8, 4) is 0 Å². The zero-order valence-corrected chi connectivity index (χ0v) is 18.7. The van der Waals surface area contributed by atoms with Crippen molar-refractivity contribution in [1.82, 2.24) is 0 Å². The van der Waals surface area contributed by atoms with Crippen molar-refractivity contribution in [3.63, 3.8) is 0 Å². The second-order valence-corrected chi connectivity index (χ2v) is 10.6. The zero-order chi connectivity index (χ0) is 23.7. The molecule has 1 fully saturated rings. The van der Waals surface area contributed by atoms with Gasteiger partial charge < -0.3 is 8.61 Å². The highest BCUT2D eigenvalue weighted by Crippen LogP contribution is 2.36. The van der Waals surface area contributed by atoms with Gasteiger partial charge in [0, 0.05) is 0 Å². The predicted octanol–water partition coefficient (Wildman–Crippen LogP) is 5.04. The van der Waals surface area contributed by atoms with E-state index in [2.05, 4.69) is 13.8 Å². The minimum Gasteiger partial charge on any atom is -0.421 e. The van der Waals surface area contributed by atoms with Crippen molar-refractivity contribution in [1.29, 1.82) is 0 Å². The fourth-order valence-corrected chi connectivity index (χ4v) is 4.86. The highest BCUT2D eigenvalue weighted by Gasteiger charge is 2.46. The SMILES string of the molecule is CCCCCCC[N+]1(CC)CCCCC1.O=S(=O)([N-]S(=O)(=O)C(F)(F)F)C(F)(F)F. The first-order valence-electron chi connectivity index (χ1n) is 9.75. The number of rotatable bonds is 9. The maximum absolute atomic E-state index is 11.4. The second kappa shape index (κ2) is 11.9. The lowest BCUT2D eigenvalue weighted by Crippen LogP contribution is -2.51. The molecule has 0 aromatic heterocycles. The number of likely N-dealkylation sites (tertiary alicyclic amines) is 1. The van der Waals surface area contributed by atoms with Gasteiger partial charge in [-0.05, 0) is 39.0 Å². The number of sulfonamides is 2. The van der Waals surface area contributed by atoms with Gasteiger partial charge in [0.25, 0.3) is 0 Å². The van der Waals surface area contributed by atoms with E-state index < -0.39 is 31.1 Å². The van der Waals surface area contributed by atoms with Crippen LogP contribution in [0.1, 0.15) is 65.2 Å². The Morgan fingerprint density at radius 1 is 0.733 bits per heavy atom. The van der Waals surface area contributed by atoms with Crippen LogP contribution in [-0.4, -0.2) is 58.5 Å². The summed E-state index contributed by atoms with van der Waals surface area (Å²) in [7, 11) is -13.4. The third-order valence-electron chi connectivity index (χ3n) is 4.95. The molecular weight excluding hydrogens is 462 g/mol. The number of piperidine rings is 1. The first-order chi connectivity index (χ1) is 13.5. The minimum atomic E-state index is -6.72. The van der Waals surface area contributed by atoms with E-state index in [0.29, 0.717) is 0 Å². The average molecular weight is 493 g/mol. The van der Waals surface area contributed by atoms with Gasteiger partial charge in [-0.3, -0.25) is 0 Å². The van der Waals surface area contributed by atoms with E-state index >= 15 is 0 Å². The number of quaternary nitrogens is 1. The number of hydrogen-bond donors (Lipinski definition) is 0. The Bertz CT molecular complexity index is 658. The van der Waals surface area contributed by atoms with Gasteiger partial charge in [-0.25, -0.2) is 16.8 Å². The monoisotopic (exact) mass is 492 g/mol. The zero-order valence-electron chi connectivity index (χ0n) is 17.1. The van der Waals surface area contributed by atoms with Crippen LogP contribution in [0.3, 0.4) is 0 Å². The molecule has 0 amide bonds. The summed E-state index contributed by atoms with van der Waals surface area (Å²) < 4.78 is 111. The number of nitrogens with zero attached hydrogens (tertiary/aromatic N) is 2. The van der Waals surface area contributed by atoms with Crippen LogP contribution in [-0.2, 0) is 20.0 Å². The van der Waals surface area contributed by atoms with Gasteiger partial charge >= 0.3 is 11.0 Å². The largest absolute Gasteiger partial charge is 0.480 e. The Balaban J connectivity index is 0.000000561. The molecule has 14 heteroatoms. The molecular formula is C16H30F6N2O4S2. The second-order valence-electron chi connectivity index (χ2n) is 7.22. The molecule has 1 aliphatic heterocycles. The molecule has 6 nitrogen and oxygen atoms in total. The summed E-state index contributed by atoms with van der Waals surface area (Å²) in [6, 6.07) is 0. The van der Waals surface area contributed by atoms with Crippen LogP contribution in [0.15, 0.2) is 0 Å². The lowest BCUT2D eigenvalue weighted by molar-refractivity contribution is -0.931. The van der Waals surface area contributed by atoms with Crippen LogP contribution >= 0.6 is 0 Å². The van der Waals surface area contributed by atoms with Crippen LogP contribution in [0.2, 0.25) is 0 Å². The molecule has 0 bridgehead atoms. The molecule has 30 heavy (non-hydrogen) atoms. The van der Waals surface area contributed by atoms with Crippen molar-refractivity contribution in [2.75, 3.05) is 26.2 Å². The molecule has 0 aliphatic carbocycles. The van der Waals surface area contributed by atoms with Crippen molar-refractivity contribution >= 4 is 20.0 Å². The summed E-state index contributed by atoms with van der Waals surface area (Å²) in [5.41, 5.74) is -12.4. The van der Waals surface area contributed by atoms with E-state index in [1.54, 1.807) is 0 Å². The summed E-state index contributed by atoms with van der Waals surface area (Å²) in [4.78, 5) is 0. The summed E-state index contributed by atoms with van der Waals surface area (Å²) in [5.74, 6) is 0. The van der Waals surface area contributed by atoms with Gasteiger partial charge in [-0.15, -0.1) is 0 Å². The quantitative estimate of drug-likeness (QED) is 0.257. The number of halogens is 6. The summed E-state index contributed by atoms with van der Waals surface area (Å²) >= 11 is 0. The first kappa shape index (κ1) is 29.4. The lowest BCUT2D eigenvalue weighted by Gasteiger charge is -2.41. The van der Waals surface area contributed by atoms with Crippen LogP contribution in [0.5, 0.6) is 0 Å². The highest BCUT2D eigenvalue weighted by molar-refractivity contribution is 8.13. The smallest absolute Gasteiger partial charge is 0.421 e. The van der Waals surface area contributed by atoms with Gasteiger partial charge in [0.15, 0.2) is 20.0 Å². The number of unbranched alkanes of at least 4 members (excludes halogenated alkanes) is 4. The van der Waals surface area contributed by atoms with E-state index in [4.69, 9.17) is 0 Å². The molecule has 1 aliphatic rings. The Labute approximate surface area is 174 Å². The van der Waals surface area contributed by atoms with Gasteiger partial charge in [0.2, 0.25) is 0 Å². The van der Waals surface area contributed by atoms with E-state index in [1.165, 1.54) is 82.0 Å². The number of hydrogen-bond acceptors (Lipinski definition) is 4. The Kier molecular flexibility index (Phi) is 11.6. The summed E-state index contributed by atoms with van der Waals surface area (Å²) in [6.45, 7) is 10.4. The normalized spacial score (nSPS) is 17.9. The van der Waals surface area contributed by atoms with Crippen LogP contribution in [0.25, 0.3) is 4.13 Å². The summed E-state index contributed by atoms with van der Waals surface area (Å²) in [5, 5.41) is 0. The van der Waals surface area contributed by atoms with Crippen LogP contribution in [0.4, 0.5) is 26.3 Å². The van der Waals surface area contributed by atoms with Crippen molar-refractivity contribution < 1.29 is 47.7 Å². The standard InChI is InChI=1S/C14H30N.C2F6NO4S2/c1-3-5-6-7-9-12-15(4-2)13-10-8-11-14-15;3-1(4,5)14(10,11)9-15(12,13)2(6,7)8/h3-14H2,1-2H3;/q+1;-1. The Morgan fingerprint density at radius 2 is 1.17 bits per heavy atom. The Morgan fingerprint density at radius 3 is 1.53 bits per heavy atom. The third kappa shape index (κ3) is 9.69. The van der Waals surface area contributed by atoms with Gasteiger partial charge in [-0.2, -0.15) is 26.3 Å². The average Bonchev–Trinajstić information content (AvgIpc) is 2.60. The molecule has 0 aromatic rings. The molecule has 0 atom stereocenters. The highest BCUT2D eigenvalue weighted by atomic mass is 32.3. The van der Waals surface area contributed by atoms with E-state index in [-0.39, 0.29) is 0 Å². The first-order valence-corrected chi connectivity index (χ1v) is 12.6. The third-order valence-corrected chi connectivity index (χ3v) is 7.69. The van der Waals surface area contributed by atoms with Crippen molar-refractivity contribution in [2.45, 2.75) is 76.2 Å². The maximum Gasteiger partial charge on any atom is 0.480 e. The van der Waals surface area contributed by atoms with Crippen molar-refractivity contribution in [3.05, 3.63) is 4.13 Å². The van der Waals surface area contributed by atoms with Gasteiger partial charge in [0.1, 0.15) is 0 Å². The topological polar surface area (TPSA) is 82.4 Å². The molecule has 0 radical (unpaired) electrons. The summed E-state index contributed by atoms with van der Waals surface area (Å²) in [6.07, 6.45) is 11.6. The van der Waals surface area contributed by atoms with Gasteiger partial charge in [0.05, 0.1) is 26.2 Å². The van der Waals surface area contributed by atoms with E-state index in [1.807, 2.05) is 0 Å². The van der Waals surface area contributed by atoms with E-state index in [0.717, 1.165) is 4.13 Å². The predicted molar refractivity (Wildman–Crippen MR) is 101 cm³/mol. The molecule has 1 rings (SSSR count). The molecule has 0 spiro atoms. The fraction of sp³-hybridized carbons (Fsp3) is 1.00. The van der Waals surface area contributed by atoms with Gasteiger partial charge in [-0.1, -0.05) is 26.2 Å². The number of alkyl halides is 6. The minimum absolute atomic E-state index is 0.778. The molecule has 0 saturated carbocycles. The van der Waals surface area contributed by atoms with Crippen LogP contribution < -0.4 is 0 Å². The molecule has 182 valence electrons.